The third-order valence-corrected chi connectivity index (χ3v) is 19.2. The first-order valence-corrected chi connectivity index (χ1v) is 41.6. The van der Waals surface area contributed by atoms with Crippen LogP contribution in [0.4, 0.5) is 0 Å². The van der Waals surface area contributed by atoms with Crippen LogP contribution in [0.1, 0.15) is 388 Å². The van der Waals surface area contributed by atoms with Gasteiger partial charge in [0.05, 0.1) is 26.4 Å². The summed E-state index contributed by atoms with van der Waals surface area (Å²) in [6.07, 6.45) is 56.0. The fourth-order valence-electron chi connectivity index (χ4n) is 11.4. The van der Waals surface area contributed by atoms with Crippen LogP contribution in [0.2, 0.25) is 0 Å². The van der Waals surface area contributed by atoms with Gasteiger partial charge < -0.3 is 33.8 Å². The molecule has 0 spiro atoms. The van der Waals surface area contributed by atoms with E-state index in [-0.39, 0.29) is 25.7 Å². The first-order chi connectivity index (χ1) is 45.0. The van der Waals surface area contributed by atoms with Crippen molar-refractivity contribution in [2.45, 2.75) is 406 Å². The Morgan fingerprint density at radius 2 is 0.495 bits per heavy atom. The molecule has 0 bridgehead atoms. The monoisotopic (exact) mass is 1370 g/mol. The third kappa shape index (κ3) is 68.4. The summed E-state index contributed by atoms with van der Waals surface area (Å²) in [6, 6.07) is 0. The van der Waals surface area contributed by atoms with Crippen molar-refractivity contribution >= 4 is 39.5 Å². The summed E-state index contributed by atoms with van der Waals surface area (Å²) in [5.41, 5.74) is 0. The number of rotatable bonds is 74. The van der Waals surface area contributed by atoms with Gasteiger partial charge in [-0.05, 0) is 31.6 Å². The first kappa shape index (κ1) is 91.1. The van der Waals surface area contributed by atoms with Crippen LogP contribution in [-0.4, -0.2) is 96.7 Å². The van der Waals surface area contributed by atoms with Gasteiger partial charge in [-0.2, -0.15) is 0 Å². The highest BCUT2D eigenvalue weighted by Gasteiger charge is 2.30. The second-order valence-electron chi connectivity index (χ2n) is 27.2. The van der Waals surface area contributed by atoms with E-state index in [0.717, 1.165) is 102 Å². The zero-order chi connectivity index (χ0) is 68.4. The van der Waals surface area contributed by atoms with Crippen LogP contribution in [0, 0.1) is 5.92 Å². The second-order valence-corrected chi connectivity index (χ2v) is 30.1. The van der Waals surface area contributed by atoms with Crippen LogP contribution < -0.4 is 0 Å². The lowest BCUT2D eigenvalue weighted by molar-refractivity contribution is -0.161. The van der Waals surface area contributed by atoms with Crippen LogP contribution in [0.3, 0.4) is 0 Å². The summed E-state index contributed by atoms with van der Waals surface area (Å²) < 4.78 is 68.2. The van der Waals surface area contributed by atoms with Crippen molar-refractivity contribution in [1.29, 1.82) is 0 Å². The predicted octanol–water partition coefficient (Wildman–Crippen LogP) is 21.7. The average Bonchev–Trinajstić information content (AvgIpc) is 2.37. The molecular formula is C74H144O17P2. The third-order valence-electron chi connectivity index (χ3n) is 17.3. The Labute approximate surface area is 568 Å². The van der Waals surface area contributed by atoms with Crippen molar-refractivity contribution in [2.24, 2.45) is 5.92 Å². The van der Waals surface area contributed by atoms with Crippen molar-refractivity contribution in [1.82, 2.24) is 0 Å². The molecular weight excluding hydrogens is 1220 g/mol. The molecule has 0 aromatic carbocycles. The maximum atomic E-state index is 13.1. The lowest BCUT2D eigenvalue weighted by Crippen LogP contribution is -2.30. The van der Waals surface area contributed by atoms with E-state index in [2.05, 4.69) is 34.6 Å². The van der Waals surface area contributed by atoms with E-state index >= 15 is 0 Å². The largest absolute Gasteiger partial charge is 0.472 e. The van der Waals surface area contributed by atoms with Gasteiger partial charge in [0, 0.05) is 25.7 Å². The Morgan fingerprint density at radius 3 is 0.731 bits per heavy atom. The fourth-order valence-corrected chi connectivity index (χ4v) is 12.9. The van der Waals surface area contributed by atoms with Crippen LogP contribution in [-0.2, 0) is 65.4 Å². The Kier molecular flexibility index (Phi) is 65.9. The number of aliphatic hydroxyl groups is 1. The number of esters is 4. The summed E-state index contributed by atoms with van der Waals surface area (Å²) in [4.78, 5) is 72.4. The number of phosphoric acid groups is 2. The summed E-state index contributed by atoms with van der Waals surface area (Å²) in [6.45, 7) is 7.21. The second kappa shape index (κ2) is 67.3. The molecule has 0 radical (unpaired) electrons. The highest BCUT2D eigenvalue weighted by atomic mass is 31.2. The van der Waals surface area contributed by atoms with Crippen LogP contribution in [0.15, 0.2) is 0 Å². The molecule has 0 fully saturated rings. The summed E-state index contributed by atoms with van der Waals surface area (Å²) in [5.74, 6) is -1.31. The van der Waals surface area contributed by atoms with Gasteiger partial charge in [-0.25, -0.2) is 9.13 Å². The Hall–Kier alpha value is -1.94. The topological polar surface area (TPSA) is 237 Å². The van der Waals surface area contributed by atoms with Gasteiger partial charge >= 0.3 is 39.5 Å². The van der Waals surface area contributed by atoms with Gasteiger partial charge in [-0.1, -0.05) is 336 Å². The van der Waals surface area contributed by atoms with Crippen LogP contribution in [0.25, 0.3) is 0 Å². The summed E-state index contributed by atoms with van der Waals surface area (Å²) >= 11 is 0. The molecule has 93 heavy (non-hydrogen) atoms. The number of hydrogen-bond acceptors (Lipinski definition) is 15. The van der Waals surface area contributed by atoms with Gasteiger partial charge in [-0.15, -0.1) is 0 Å². The average molecular weight is 1370 g/mol. The number of carbonyl (C=O) groups is 4. The molecule has 2 unspecified atom stereocenters. The predicted molar refractivity (Wildman–Crippen MR) is 377 cm³/mol. The standard InChI is InChI=1S/C74H144O17P2/c1-6-9-12-15-17-19-21-22-23-26-30-33-36-40-43-48-53-58-72(77)85-64-70(91-74(79)60-55-50-45-41-37-34-31-28-25-24-27-29-32-35-38-42-47-51-56-67(4)5)66-89-93(82,83)87-62-68(75)61-86-92(80,81)88-65-69(63-84-71(76)57-52-46-14-11-8-3)90-73(78)59-54-49-44-39-20-18-16-13-10-7-2/h67-70,75H,6-66H2,1-5H3,(H,80,81)(H,82,83)/t68-,69+,70+/m0/s1. The molecule has 5 atom stereocenters. The van der Waals surface area contributed by atoms with Gasteiger partial charge in [0.2, 0.25) is 0 Å². The maximum Gasteiger partial charge on any atom is 0.472 e. The SMILES string of the molecule is CCCCCCCCCCCCCCCCCCCC(=O)OC[C@H](COP(=O)(O)OC[C@@H](O)COP(=O)(O)OC[C@@H](COC(=O)CCCCCCC)OC(=O)CCCCCCCCCCCC)OC(=O)CCCCCCCCCCCCCCCCCCCCC(C)C. The van der Waals surface area contributed by atoms with Gasteiger partial charge in [0.25, 0.3) is 0 Å². The lowest BCUT2D eigenvalue weighted by atomic mass is 10.0. The zero-order valence-electron chi connectivity index (χ0n) is 60.4. The molecule has 19 heteroatoms. The molecule has 0 aliphatic carbocycles. The molecule has 0 amide bonds. The number of phosphoric ester groups is 2. The highest BCUT2D eigenvalue weighted by molar-refractivity contribution is 7.47. The van der Waals surface area contributed by atoms with Crippen molar-refractivity contribution in [2.75, 3.05) is 39.6 Å². The van der Waals surface area contributed by atoms with E-state index in [1.807, 2.05) is 0 Å². The molecule has 552 valence electrons. The molecule has 0 saturated carbocycles. The van der Waals surface area contributed by atoms with E-state index in [1.165, 1.54) is 205 Å². The molecule has 0 rings (SSSR count). The minimum absolute atomic E-state index is 0.106. The summed E-state index contributed by atoms with van der Waals surface area (Å²) in [7, 11) is -9.89. The number of hydrogen-bond donors (Lipinski definition) is 3. The molecule has 0 aromatic rings. The van der Waals surface area contributed by atoms with Gasteiger partial charge in [0.15, 0.2) is 12.2 Å². The number of carbonyl (C=O) groups excluding carboxylic acids is 4. The zero-order valence-corrected chi connectivity index (χ0v) is 62.2. The minimum Gasteiger partial charge on any atom is -0.462 e. The molecule has 3 N–H and O–H groups in total. The molecule has 0 saturated heterocycles. The lowest BCUT2D eigenvalue weighted by Gasteiger charge is -2.21. The number of aliphatic hydroxyl groups excluding tert-OH is 1. The van der Waals surface area contributed by atoms with Crippen molar-refractivity contribution in [3.05, 3.63) is 0 Å². The van der Waals surface area contributed by atoms with E-state index in [9.17, 15) is 43.2 Å². The fraction of sp³-hybridized carbons (Fsp3) is 0.946. The molecule has 0 heterocycles. The Balaban J connectivity index is 5.11. The Morgan fingerprint density at radius 1 is 0.290 bits per heavy atom. The molecule has 0 aliphatic heterocycles. The van der Waals surface area contributed by atoms with Crippen molar-refractivity contribution < 1.29 is 80.2 Å². The number of ether oxygens (including phenoxy) is 4. The van der Waals surface area contributed by atoms with E-state index in [0.29, 0.717) is 25.7 Å². The molecule has 0 aliphatic rings. The van der Waals surface area contributed by atoms with Crippen molar-refractivity contribution in [3.8, 4) is 0 Å². The minimum atomic E-state index is -4.95. The summed E-state index contributed by atoms with van der Waals surface area (Å²) in [5, 5.41) is 10.6. The van der Waals surface area contributed by atoms with E-state index in [4.69, 9.17) is 37.0 Å². The smallest absolute Gasteiger partial charge is 0.462 e. The van der Waals surface area contributed by atoms with Crippen LogP contribution in [0.5, 0.6) is 0 Å². The normalized spacial score (nSPS) is 14.0. The highest BCUT2D eigenvalue weighted by Crippen LogP contribution is 2.45. The van der Waals surface area contributed by atoms with E-state index < -0.39 is 97.5 Å². The Bertz CT molecular complexity index is 1790. The quantitative estimate of drug-likeness (QED) is 0.0222. The maximum absolute atomic E-state index is 13.1. The molecule has 0 aromatic heterocycles. The first-order valence-electron chi connectivity index (χ1n) is 38.6. The van der Waals surface area contributed by atoms with Crippen molar-refractivity contribution in [3.63, 3.8) is 0 Å². The van der Waals surface area contributed by atoms with Gasteiger partial charge in [-0.3, -0.25) is 37.3 Å². The van der Waals surface area contributed by atoms with Crippen LogP contribution >= 0.6 is 15.6 Å². The van der Waals surface area contributed by atoms with Gasteiger partial charge in [0.1, 0.15) is 19.3 Å². The number of unbranched alkanes of at least 4 members (excludes halogenated alkanes) is 46. The molecule has 17 nitrogen and oxygen atoms in total. The van der Waals surface area contributed by atoms with E-state index in [1.54, 1.807) is 0 Å².